The van der Waals surface area contributed by atoms with E-state index in [0.717, 1.165) is 28.0 Å². The minimum absolute atomic E-state index is 0.556. The van der Waals surface area contributed by atoms with Crippen LogP contribution in [0.25, 0.3) is 22.4 Å². The number of aryl methyl sites for hydroxylation is 2. The van der Waals surface area contributed by atoms with E-state index in [-0.39, 0.29) is 0 Å². The minimum atomic E-state index is 0.556. The molecule has 0 saturated heterocycles. The van der Waals surface area contributed by atoms with Crippen LogP contribution >= 0.6 is 0 Å². The molecule has 0 fully saturated rings. The number of aromatic nitrogens is 2. The van der Waals surface area contributed by atoms with Crippen molar-refractivity contribution in [3.05, 3.63) is 53.6 Å². The van der Waals surface area contributed by atoms with E-state index in [1.165, 1.54) is 5.56 Å². The fraction of sp³-hybridized carbons (Fsp3) is 0.188. The lowest BCUT2D eigenvalue weighted by Crippen LogP contribution is -1.97. The van der Waals surface area contributed by atoms with Crippen LogP contribution in [-0.2, 0) is 13.6 Å². The van der Waals surface area contributed by atoms with Gasteiger partial charge in [-0.2, -0.15) is 0 Å². The highest BCUT2D eigenvalue weighted by Gasteiger charge is 2.10. The second-order valence-electron chi connectivity index (χ2n) is 4.89. The maximum atomic E-state index is 5.70. The first-order valence-electron chi connectivity index (χ1n) is 6.41. The van der Waals surface area contributed by atoms with Crippen LogP contribution in [0.1, 0.15) is 11.1 Å². The highest BCUT2D eigenvalue weighted by Crippen LogP contribution is 2.24. The van der Waals surface area contributed by atoms with Gasteiger partial charge in [0.15, 0.2) is 0 Å². The summed E-state index contributed by atoms with van der Waals surface area (Å²) < 4.78 is 2.13. The largest absolute Gasteiger partial charge is 0.327 e. The van der Waals surface area contributed by atoms with Crippen molar-refractivity contribution in [2.24, 2.45) is 12.8 Å². The molecule has 1 heterocycles. The Morgan fingerprint density at radius 3 is 2.74 bits per heavy atom. The van der Waals surface area contributed by atoms with Crippen molar-refractivity contribution in [1.29, 1.82) is 0 Å². The molecule has 19 heavy (non-hydrogen) atoms. The molecule has 3 aromatic rings. The molecule has 2 aromatic carbocycles. The summed E-state index contributed by atoms with van der Waals surface area (Å²) in [7, 11) is 2.05. The summed E-state index contributed by atoms with van der Waals surface area (Å²) in [6, 6.07) is 14.6. The van der Waals surface area contributed by atoms with Crippen LogP contribution < -0.4 is 5.73 Å². The maximum absolute atomic E-state index is 5.70. The Morgan fingerprint density at radius 1 is 1.16 bits per heavy atom. The van der Waals surface area contributed by atoms with Crippen LogP contribution in [0.4, 0.5) is 0 Å². The third kappa shape index (κ3) is 2.02. The molecule has 0 saturated carbocycles. The highest BCUT2D eigenvalue weighted by molar-refractivity contribution is 5.81. The van der Waals surface area contributed by atoms with Crippen molar-refractivity contribution in [2.75, 3.05) is 0 Å². The van der Waals surface area contributed by atoms with Crippen molar-refractivity contribution in [3.63, 3.8) is 0 Å². The SMILES string of the molecule is Cc1cccc(-c2nc3ccc(CN)cc3n2C)c1. The summed E-state index contributed by atoms with van der Waals surface area (Å²) in [6.07, 6.45) is 0. The van der Waals surface area contributed by atoms with Crippen molar-refractivity contribution in [2.45, 2.75) is 13.5 Å². The smallest absolute Gasteiger partial charge is 0.140 e. The molecular formula is C16H17N3. The zero-order valence-corrected chi connectivity index (χ0v) is 11.2. The van der Waals surface area contributed by atoms with Crippen LogP contribution in [0, 0.1) is 6.92 Å². The van der Waals surface area contributed by atoms with Crippen molar-refractivity contribution < 1.29 is 0 Å². The zero-order valence-electron chi connectivity index (χ0n) is 11.2. The van der Waals surface area contributed by atoms with Crippen molar-refractivity contribution in [3.8, 4) is 11.4 Å². The molecule has 0 aliphatic rings. The molecule has 3 heteroatoms. The number of nitrogens with zero attached hydrogens (tertiary/aromatic N) is 2. The molecule has 0 bridgehead atoms. The second kappa shape index (κ2) is 4.52. The van der Waals surface area contributed by atoms with Gasteiger partial charge in [-0.3, -0.25) is 0 Å². The quantitative estimate of drug-likeness (QED) is 0.761. The Balaban J connectivity index is 2.22. The molecule has 3 rings (SSSR count). The first-order valence-corrected chi connectivity index (χ1v) is 6.41. The number of nitrogens with two attached hydrogens (primary N) is 1. The Hall–Kier alpha value is -2.13. The Kier molecular flexibility index (Phi) is 2.84. The van der Waals surface area contributed by atoms with E-state index in [2.05, 4.69) is 41.8 Å². The fourth-order valence-electron chi connectivity index (χ4n) is 2.40. The summed E-state index contributed by atoms with van der Waals surface area (Å²) in [4.78, 5) is 4.72. The maximum Gasteiger partial charge on any atom is 0.140 e. The van der Waals surface area contributed by atoms with Gasteiger partial charge in [-0.1, -0.05) is 29.8 Å². The lowest BCUT2D eigenvalue weighted by molar-refractivity contribution is 0.956. The molecule has 0 spiro atoms. The van der Waals surface area contributed by atoms with E-state index in [9.17, 15) is 0 Å². The number of imidazole rings is 1. The van der Waals surface area contributed by atoms with E-state index < -0.39 is 0 Å². The van der Waals surface area contributed by atoms with Crippen LogP contribution in [0.3, 0.4) is 0 Å². The van der Waals surface area contributed by atoms with Crippen molar-refractivity contribution in [1.82, 2.24) is 9.55 Å². The zero-order chi connectivity index (χ0) is 13.4. The molecule has 0 aliphatic heterocycles. The van der Waals surface area contributed by atoms with E-state index in [4.69, 9.17) is 10.7 Å². The normalized spacial score (nSPS) is 11.1. The predicted octanol–water partition coefficient (Wildman–Crippen LogP) is 3.01. The summed E-state index contributed by atoms with van der Waals surface area (Å²) in [5.74, 6) is 0.993. The van der Waals surface area contributed by atoms with Crippen LogP contribution in [-0.4, -0.2) is 9.55 Å². The second-order valence-corrected chi connectivity index (χ2v) is 4.89. The molecule has 0 radical (unpaired) electrons. The summed E-state index contributed by atoms with van der Waals surface area (Å²) in [6.45, 7) is 2.65. The summed E-state index contributed by atoms with van der Waals surface area (Å²) in [5, 5.41) is 0. The average Bonchev–Trinajstić information content (AvgIpc) is 2.76. The average molecular weight is 251 g/mol. The van der Waals surface area contributed by atoms with Gasteiger partial charge in [-0.15, -0.1) is 0 Å². The molecule has 3 nitrogen and oxygen atoms in total. The molecule has 0 atom stereocenters. The standard InChI is InChI=1S/C16H17N3/c1-11-4-3-5-13(8-11)16-18-14-7-6-12(10-17)9-15(14)19(16)2/h3-9H,10,17H2,1-2H3. The van der Waals surface area contributed by atoms with Crippen LogP contribution in [0.2, 0.25) is 0 Å². The monoisotopic (exact) mass is 251 g/mol. The predicted molar refractivity (Wildman–Crippen MR) is 78.8 cm³/mol. The third-order valence-electron chi connectivity index (χ3n) is 3.46. The first kappa shape index (κ1) is 11.9. The van der Waals surface area contributed by atoms with E-state index in [1.54, 1.807) is 0 Å². The lowest BCUT2D eigenvalue weighted by atomic mass is 10.1. The topological polar surface area (TPSA) is 43.8 Å². The lowest BCUT2D eigenvalue weighted by Gasteiger charge is -2.04. The van der Waals surface area contributed by atoms with Gasteiger partial charge in [0, 0.05) is 19.2 Å². The van der Waals surface area contributed by atoms with Gasteiger partial charge in [-0.05, 0) is 30.7 Å². The van der Waals surface area contributed by atoms with E-state index in [0.29, 0.717) is 6.54 Å². The van der Waals surface area contributed by atoms with Gasteiger partial charge in [0.2, 0.25) is 0 Å². The van der Waals surface area contributed by atoms with Gasteiger partial charge >= 0.3 is 0 Å². The number of benzene rings is 2. The number of hydrogen-bond donors (Lipinski definition) is 1. The highest BCUT2D eigenvalue weighted by atomic mass is 15.1. The van der Waals surface area contributed by atoms with Gasteiger partial charge in [0.1, 0.15) is 5.82 Å². The number of fused-ring (bicyclic) bond motifs is 1. The van der Waals surface area contributed by atoms with Crippen LogP contribution in [0.5, 0.6) is 0 Å². The van der Waals surface area contributed by atoms with Gasteiger partial charge < -0.3 is 10.3 Å². The minimum Gasteiger partial charge on any atom is -0.327 e. The van der Waals surface area contributed by atoms with Crippen molar-refractivity contribution >= 4 is 11.0 Å². The van der Waals surface area contributed by atoms with E-state index >= 15 is 0 Å². The Bertz CT molecular complexity index is 741. The molecule has 0 amide bonds. The fourth-order valence-corrected chi connectivity index (χ4v) is 2.40. The van der Waals surface area contributed by atoms with Gasteiger partial charge in [0.05, 0.1) is 11.0 Å². The molecule has 1 aromatic heterocycles. The number of hydrogen-bond acceptors (Lipinski definition) is 2. The van der Waals surface area contributed by atoms with Gasteiger partial charge in [0.25, 0.3) is 0 Å². The molecular weight excluding hydrogens is 234 g/mol. The van der Waals surface area contributed by atoms with Crippen LogP contribution in [0.15, 0.2) is 42.5 Å². The summed E-state index contributed by atoms with van der Waals surface area (Å²) >= 11 is 0. The third-order valence-corrected chi connectivity index (χ3v) is 3.46. The Labute approximate surface area is 112 Å². The Morgan fingerprint density at radius 2 is 2.00 bits per heavy atom. The summed E-state index contributed by atoms with van der Waals surface area (Å²) in [5.41, 5.74) is 11.4. The number of rotatable bonds is 2. The first-order chi connectivity index (χ1) is 9.19. The van der Waals surface area contributed by atoms with E-state index in [1.807, 2.05) is 19.2 Å². The molecule has 96 valence electrons. The molecule has 2 N–H and O–H groups in total. The molecule has 0 aliphatic carbocycles. The van der Waals surface area contributed by atoms with Gasteiger partial charge in [-0.25, -0.2) is 4.98 Å². The molecule has 0 unspecified atom stereocenters.